The normalized spacial score (nSPS) is 23.3. The van der Waals surface area contributed by atoms with Crippen LogP contribution < -0.4 is 21.3 Å². The second-order valence-corrected chi connectivity index (χ2v) is 12.2. The highest BCUT2D eigenvalue weighted by Gasteiger charge is 2.47. The summed E-state index contributed by atoms with van der Waals surface area (Å²) in [6.07, 6.45) is 4.18. The second-order valence-electron chi connectivity index (χ2n) is 9.91. The van der Waals surface area contributed by atoms with Gasteiger partial charge in [0.25, 0.3) is 0 Å². The average Bonchev–Trinajstić information content (AvgIpc) is 3.44. The lowest BCUT2D eigenvalue weighted by Gasteiger charge is -2.44. The maximum Gasteiger partial charge on any atom is 0.108 e. The van der Waals surface area contributed by atoms with Gasteiger partial charge in [-0.05, 0) is 86.3 Å². The predicted molar refractivity (Wildman–Crippen MR) is 152 cm³/mol. The van der Waals surface area contributed by atoms with Crippen molar-refractivity contribution < 1.29 is 0 Å². The fourth-order valence-corrected chi connectivity index (χ4v) is 7.30. The van der Waals surface area contributed by atoms with E-state index in [1.54, 1.807) is 0 Å². The van der Waals surface area contributed by atoms with Crippen LogP contribution in [0.2, 0.25) is 0 Å². The summed E-state index contributed by atoms with van der Waals surface area (Å²) in [4.78, 5) is 5.05. The molecule has 0 bridgehead atoms. The first kappa shape index (κ1) is 22.0. The van der Waals surface area contributed by atoms with Gasteiger partial charge in [-0.15, -0.1) is 0 Å². The molecule has 1 saturated carbocycles. The van der Waals surface area contributed by atoms with Crippen LogP contribution in [0.5, 0.6) is 0 Å². The minimum absolute atomic E-state index is 0.0733. The summed E-state index contributed by atoms with van der Waals surface area (Å²) in [7, 11) is 0. The fraction of sp³-hybridized carbons (Fsp3) is 0.200. The predicted octanol–water partition coefficient (Wildman–Crippen LogP) is 8.33. The molecule has 0 saturated heterocycles. The molecular weight excluding hydrogens is 480 g/mol. The lowest BCUT2D eigenvalue weighted by Crippen LogP contribution is -2.54. The summed E-state index contributed by atoms with van der Waals surface area (Å²) >= 11 is 3.62. The Kier molecular flexibility index (Phi) is 5.33. The van der Waals surface area contributed by atoms with E-state index in [1.807, 2.05) is 23.5 Å². The lowest BCUT2D eigenvalue weighted by atomic mass is 9.82. The molecule has 2 heterocycles. The summed E-state index contributed by atoms with van der Waals surface area (Å²) in [6, 6.07) is 34.6. The number of hydrogen-bond donors (Lipinski definition) is 4. The van der Waals surface area contributed by atoms with Gasteiger partial charge in [-0.1, -0.05) is 59.9 Å². The van der Waals surface area contributed by atoms with E-state index in [0.29, 0.717) is 0 Å². The Bertz CT molecular complexity index is 1290. The van der Waals surface area contributed by atoms with E-state index in [2.05, 4.69) is 118 Å². The number of benzene rings is 4. The van der Waals surface area contributed by atoms with Gasteiger partial charge in [0.05, 0.1) is 22.7 Å². The molecule has 4 N–H and O–H groups in total. The van der Waals surface area contributed by atoms with E-state index in [-0.39, 0.29) is 11.3 Å². The molecule has 1 aliphatic carbocycles. The molecule has 180 valence electrons. The molecule has 1 fully saturated rings. The Morgan fingerprint density at radius 2 is 0.806 bits per heavy atom. The van der Waals surface area contributed by atoms with Crippen molar-refractivity contribution >= 4 is 46.3 Å². The van der Waals surface area contributed by atoms with Crippen LogP contribution in [0, 0.1) is 0 Å². The SMILES string of the molecule is c1ccc(Sc2ccc3c(c2)NC2(CCC4(CC2)Nc2ccc(Sc5ccccc5)cc2N4)N3)cc1. The molecular formula is C30H28N4S2. The third-order valence-corrected chi connectivity index (χ3v) is 9.39. The van der Waals surface area contributed by atoms with E-state index >= 15 is 0 Å². The van der Waals surface area contributed by atoms with Crippen LogP contribution in [0.25, 0.3) is 0 Å². The number of rotatable bonds is 4. The van der Waals surface area contributed by atoms with Crippen LogP contribution in [-0.2, 0) is 0 Å². The maximum absolute atomic E-state index is 3.86. The summed E-state index contributed by atoms with van der Waals surface area (Å²) in [5.41, 5.74) is 4.70. The highest BCUT2D eigenvalue weighted by Crippen LogP contribution is 2.49. The van der Waals surface area contributed by atoms with Gasteiger partial charge in [0.1, 0.15) is 11.3 Å². The topological polar surface area (TPSA) is 48.1 Å². The molecule has 0 radical (unpaired) electrons. The van der Waals surface area contributed by atoms with Crippen LogP contribution in [0.3, 0.4) is 0 Å². The van der Waals surface area contributed by atoms with E-state index < -0.39 is 0 Å². The van der Waals surface area contributed by atoms with Crippen molar-refractivity contribution in [2.45, 2.75) is 56.6 Å². The second kappa shape index (κ2) is 8.71. The molecule has 0 amide bonds. The van der Waals surface area contributed by atoms with E-state index in [0.717, 1.165) is 25.7 Å². The smallest absolute Gasteiger partial charge is 0.108 e. The van der Waals surface area contributed by atoms with Crippen molar-refractivity contribution in [1.82, 2.24) is 0 Å². The van der Waals surface area contributed by atoms with Crippen molar-refractivity contribution in [2.75, 3.05) is 21.3 Å². The minimum atomic E-state index is -0.0733. The van der Waals surface area contributed by atoms with Crippen LogP contribution in [0.1, 0.15) is 25.7 Å². The molecule has 0 unspecified atom stereocenters. The number of hydrogen-bond acceptors (Lipinski definition) is 6. The fourth-order valence-electron chi connectivity index (χ4n) is 5.54. The summed E-state index contributed by atoms with van der Waals surface area (Å²) in [6.45, 7) is 0. The Labute approximate surface area is 220 Å². The number of nitrogens with one attached hydrogen (secondary N) is 4. The van der Waals surface area contributed by atoms with Gasteiger partial charge in [-0.2, -0.15) is 0 Å². The molecule has 0 aromatic heterocycles. The quantitative estimate of drug-likeness (QED) is 0.222. The van der Waals surface area contributed by atoms with Crippen LogP contribution >= 0.6 is 23.5 Å². The molecule has 2 spiro atoms. The molecule has 4 aromatic rings. The van der Waals surface area contributed by atoms with Gasteiger partial charge in [0, 0.05) is 19.6 Å². The molecule has 0 atom stereocenters. The third-order valence-electron chi connectivity index (χ3n) is 7.39. The first-order valence-corrected chi connectivity index (χ1v) is 14.2. The largest absolute Gasteiger partial charge is 0.361 e. The summed E-state index contributed by atoms with van der Waals surface area (Å²) < 4.78 is 0. The van der Waals surface area contributed by atoms with Gasteiger partial charge in [-0.25, -0.2) is 0 Å². The Balaban J connectivity index is 1.02. The molecule has 4 nitrogen and oxygen atoms in total. The first-order valence-electron chi connectivity index (χ1n) is 12.5. The van der Waals surface area contributed by atoms with Gasteiger partial charge in [-0.3, -0.25) is 0 Å². The van der Waals surface area contributed by atoms with Crippen LogP contribution in [-0.4, -0.2) is 11.3 Å². The van der Waals surface area contributed by atoms with Crippen molar-refractivity contribution in [3.63, 3.8) is 0 Å². The van der Waals surface area contributed by atoms with Gasteiger partial charge in [0.15, 0.2) is 0 Å². The van der Waals surface area contributed by atoms with E-state index in [4.69, 9.17) is 0 Å². The monoisotopic (exact) mass is 508 g/mol. The third kappa shape index (κ3) is 4.18. The average molecular weight is 509 g/mol. The van der Waals surface area contributed by atoms with Gasteiger partial charge < -0.3 is 21.3 Å². The molecule has 3 aliphatic rings. The highest BCUT2D eigenvalue weighted by atomic mass is 32.2. The van der Waals surface area contributed by atoms with Crippen molar-refractivity contribution in [1.29, 1.82) is 0 Å². The standard InChI is InChI=1S/C30H28N4S2/c1-3-7-21(8-4-1)35-23-11-13-25-27(19-23)33-29(31-25)15-17-30(18-16-29)32-26-14-12-24(20-28(26)34-30)36-22-9-5-2-6-10-22/h1-14,19-20,31-34H,15-18H2. The zero-order chi connectivity index (χ0) is 24.0. The highest BCUT2D eigenvalue weighted by molar-refractivity contribution is 7.99. The Morgan fingerprint density at radius 1 is 0.417 bits per heavy atom. The lowest BCUT2D eigenvalue weighted by molar-refractivity contribution is 0.286. The van der Waals surface area contributed by atoms with E-state index in [9.17, 15) is 0 Å². The molecule has 4 aromatic carbocycles. The van der Waals surface area contributed by atoms with Gasteiger partial charge >= 0.3 is 0 Å². The maximum atomic E-state index is 3.86. The van der Waals surface area contributed by atoms with E-state index in [1.165, 1.54) is 42.3 Å². The van der Waals surface area contributed by atoms with Crippen molar-refractivity contribution in [3.05, 3.63) is 97.1 Å². The Hall–Kier alpha value is -3.22. The Morgan fingerprint density at radius 3 is 1.22 bits per heavy atom. The zero-order valence-corrected chi connectivity index (χ0v) is 21.5. The molecule has 36 heavy (non-hydrogen) atoms. The first-order chi connectivity index (χ1) is 17.7. The number of fused-ring (bicyclic) bond motifs is 2. The molecule has 2 aliphatic heterocycles. The van der Waals surface area contributed by atoms with Crippen LogP contribution in [0.4, 0.5) is 22.7 Å². The number of anilines is 4. The summed E-state index contributed by atoms with van der Waals surface area (Å²) in [5.74, 6) is 0. The van der Waals surface area contributed by atoms with Crippen molar-refractivity contribution in [3.8, 4) is 0 Å². The van der Waals surface area contributed by atoms with Gasteiger partial charge in [0.2, 0.25) is 0 Å². The summed E-state index contributed by atoms with van der Waals surface area (Å²) in [5, 5.41) is 15.4. The zero-order valence-electron chi connectivity index (χ0n) is 19.9. The van der Waals surface area contributed by atoms with Crippen molar-refractivity contribution in [2.24, 2.45) is 0 Å². The van der Waals surface area contributed by atoms with Crippen LogP contribution in [0.15, 0.2) is 117 Å². The minimum Gasteiger partial charge on any atom is -0.361 e. The molecule has 7 rings (SSSR count). The molecule has 6 heteroatoms.